The van der Waals surface area contributed by atoms with Crippen molar-refractivity contribution in [2.75, 3.05) is 5.75 Å². The zero-order valence-electron chi connectivity index (χ0n) is 12.8. The zero-order chi connectivity index (χ0) is 14.8. The lowest BCUT2D eigenvalue weighted by atomic mass is 10.1. The van der Waals surface area contributed by atoms with Gasteiger partial charge in [-0.1, -0.05) is 51.2 Å². The van der Waals surface area contributed by atoms with Gasteiger partial charge in [-0.2, -0.15) is 24.4 Å². The molecule has 0 aliphatic rings. The number of aromatic hydroxyl groups is 1. The fraction of sp³-hybridized carbons (Fsp3) is 0.647. The third-order valence-corrected chi connectivity index (χ3v) is 4.98. The summed E-state index contributed by atoms with van der Waals surface area (Å²) in [4.78, 5) is 0. The van der Waals surface area contributed by atoms with E-state index in [-0.39, 0.29) is 0 Å². The summed E-state index contributed by atoms with van der Waals surface area (Å²) < 4.78 is 0. The van der Waals surface area contributed by atoms with Crippen LogP contribution in [0.2, 0.25) is 0 Å². The maximum Gasteiger partial charge on any atom is 0.122 e. The standard InChI is InChI=1S/C17H28OS2/c1-3-4-5-6-7-8-9-20-13-16-11-15(12-19)10-14(2)17(16)18/h10-11,18-19H,3-9,12-13H2,1-2H3. The first-order valence-corrected chi connectivity index (χ1v) is 9.47. The number of phenolic OH excluding ortho intramolecular Hbond substituents is 1. The largest absolute Gasteiger partial charge is 0.507 e. The molecule has 0 saturated carbocycles. The molecule has 3 heteroatoms. The third-order valence-electron chi connectivity index (χ3n) is 3.52. The predicted molar refractivity (Wildman–Crippen MR) is 95.1 cm³/mol. The molecule has 20 heavy (non-hydrogen) atoms. The summed E-state index contributed by atoms with van der Waals surface area (Å²) in [5, 5.41) is 10.1. The molecule has 0 aliphatic carbocycles. The second kappa shape index (κ2) is 10.4. The molecule has 0 saturated heterocycles. The molecule has 1 aromatic carbocycles. The minimum absolute atomic E-state index is 0.464. The first-order valence-electron chi connectivity index (χ1n) is 7.69. The van der Waals surface area contributed by atoms with Gasteiger partial charge < -0.3 is 5.11 Å². The number of phenols is 1. The number of unbranched alkanes of at least 4 members (excludes halogenated alkanes) is 5. The molecule has 1 nitrogen and oxygen atoms in total. The van der Waals surface area contributed by atoms with E-state index < -0.39 is 0 Å². The Hall–Kier alpha value is -0.280. The number of hydrogen-bond acceptors (Lipinski definition) is 3. The van der Waals surface area contributed by atoms with E-state index >= 15 is 0 Å². The van der Waals surface area contributed by atoms with Crippen molar-refractivity contribution in [3.05, 3.63) is 28.8 Å². The second-order valence-corrected chi connectivity index (χ2v) is 6.82. The van der Waals surface area contributed by atoms with Gasteiger partial charge in [-0.15, -0.1) is 0 Å². The Morgan fingerprint density at radius 2 is 1.80 bits per heavy atom. The van der Waals surface area contributed by atoms with E-state index in [4.69, 9.17) is 0 Å². The summed E-state index contributed by atoms with van der Waals surface area (Å²) in [5.74, 6) is 3.29. The summed E-state index contributed by atoms with van der Waals surface area (Å²) in [6.07, 6.45) is 8.07. The molecule has 0 bridgehead atoms. The first-order chi connectivity index (χ1) is 9.69. The molecule has 1 aromatic rings. The fourth-order valence-electron chi connectivity index (χ4n) is 2.30. The van der Waals surface area contributed by atoms with Crippen LogP contribution in [0.1, 0.15) is 62.1 Å². The van der Waals surface area contributed by atoms with Crippen LogP contribution in [0, 0.1) is 6.92 Å². The zero-order valence-corrected chi connectivity index (χ0v) is 14.5. The smallest absolute Gasteiger partial charge is 0.122 e. The molecular formula is C17H28OS2. The van der Waals surface area contributed by atoms with Crippen molar-refractivity contribution in [3.8, 4) is 5.75 Å². The second-order valence-electron chi connectivity index (χ2n) is 5.40. The SMILES string of the molecule is CCCCCCCCSCc1cc(CS)cc(C)c1O. The van der Waals surface area contributed by atoms with Gasteiger partial charge in [0.15, 0.2) is 0 Å². The first kappa shape index (κ1) is 17.8. The Morgan fingerprint density at radius 1 is 1.10 bits per heavy atom. The third kappa shape index (κ3) is 6.45. The van der Waals surface area contributed by atoms with E-state index in [2.05, 4.69) is 25.6 Å². The van der Waals surface area contributed by atoms with Crippen molar-refractivity contribution in [1.29, 1.82) is 0 Å². The monoisotopic (exact) mass is 312 g/mol. The van der Waals surface area contributed by atoms with E-state index in [9.17, 15) is 5.11 Å². The van der Waals surface area contributed by atoms with Gasteiger partial charge in [0.25, 0.3) is 0 Å². The van der Waals surface area contributed by atoms with Crippen LogP contribution >= 0.6 is 24.4 Å². The van der Waals surface area contributed by atoms with Crippen molar-refractivity contribution in [3.63, 3.8) is 0 Å². The summed E-state index contributed by atoms with van der Waals surface area (Å²) in [6.45, 7) is 4.22. The molecule has 0 heterocycles. The van der Waals surface area contributed by atoms with Crippen LogP contribution in [0.3, 0.4) is 0 Å². The fourth-order valence-corrected chi connectivity index (χ4v) is 3.48. The Balaban J connectivity index is 2.26. The molecule has 0 aromatic heterocycles. The maximum absolute atomic E-state index is 10.1. The van der Waals surface area contributed by atoms with Crippen LogP contribution in [0.4, 0.5) is 0 Å². The summed E-state index contributed by atoms with van der Waals surface area (Å²) >= 11 is 6.24. The highest BCUT2D eigenvalue weighted by molar-refractivity contribution is 7.98. The molecule has 0 amide bonds. The van der Waals surface area contributed by atoms with Crippen molar-refractivity contribution in [2.45, 2.75) is 63.9 Å². The highest BCUT2D eigenvalue weighted by atomic mass is 32.2. The van der Waals surface area contributed by atoms with Crippen LogP contribution < -0.4 is 0 Å². The summed E-state index contributed by atoms with van der Waals surface area (Å²) in [7, 11) is 0. The molecule has 114 valence electrons. The normalized spacial score (nSPS) is 10.9. The van der Waals surface area contributed by atoms with Crippen molar-refractivity contribution in [1.82, 2.24) is 0 Å². The van der Waals surface area contributed by atoms with Crippen LogP contribution in [-0.2, 0) is 11.5 Å². The quantitative estimate of drug-likeness (QED) is 0.425. The molecule has 0 unspecified atom stereocenters. The van der Waals surface area contributed by atoms with Gasteiger partial charge in [0.2, 0.25) is 0 Å². The molecule has 0 spiro atoms. The Bertz CT molecular complexity index is 391. The number of rotatable bonds is 10. The van der Waals surface area contributed by atoms with Gasteiger partial charge in [0.1, 0.15) is 5.75 Å². The molecule has 0 radical (unpaired) electrons. The highest BCUT2D eigenvalue weighted by Crippen LogP contribution is 2.28. The van der Waals surface area contributed by atoms with Gasteiger partial charge in [-0.25, -0.2) is 0 Å². The number of hydrogen-bond donors (Lipinski definition) is 2. The van der Waals surface area contributed by atoms with Gasteiger partial charge in [0, 0.05) is 17.1 Å². The van der Waals surface area contributed by atoms with Gasteiger partial charge >= 0.3 is 0 Å². The molecular weight excluding hydrogens is 284 g/mol. The van der Waals surface area contributed by atoms with E-state index in [1.807, 2.05) is 24.8 Å². The molecule has 1 rings (SSSR count). The molecule has 0 fully saturated rings. The van der Waals surface area contributed by atoms with Crippen molar-refractivity contribution in [2.24, 2.45) is 0 Å². The van der Waals surface area contributed by atoms with Crippen molar-refractivity contribution >= 4 is 24.4 Å². The topological polar surface area (TPSA) is 20.2 Å². The Kier molecular flexibility index (Phi) is 9.28. The minimum atomic E-state index is 0.464. The van der Waals surface area contributed by atoms with E-state index in [0.717, 1.165) is 22.6 Å². The average Bonchev–Trinajstić information content (AvgIpc) is 2.45. The van der Waals surface area contributed by atoms with Crippen LogP contribution in [0.15, 0.2) is 12.1 Å². The molecule has 0 aliphatic heterocycles. The lowest BCUT2D eigenvalue weighted by Gasteiger charge is -2.10. The molecule has 1 N–H and O–H groups in total. The van der Waals surface area contributed by atoms with Crippen LogP contribution in [-0.4, -0.2) is 10.9 Å². The maximum atomic E-state index is 10.1. The lowest BCUT2D eigenvalue weighted by Crippen LogP contribution is -1.91. The lowest BCUT2D eigenvalue weighted by molar-refractivity contribution is 0.466. The van der Waals surface area contributed by atoms with Gasteiger partial charge in [-0.3, -0.25) is 0 Å². The Morgan fingerprint density at radius 3 is 2.50 bits per heavy atom. The number of thiol groups is 1. The summed E-state index contributed by atoms with van der Waals surface area (Å²) in [5.41, 5.74) is 3.22. The summed E-state index contributed by atoms with van der Waals surface area (Å²) in [6, 6.07) is 4.10. The minimum Gasteiger partial charge on any atom is -0.507 e. The van der Waals surface area contributed by atoms with E-state index in [1.165, 1.54) is 49.8 Å². The average molecular weight is 313 g/mol. The van der Waals surface area contributed by atoms with Gasteiger partial charge in [0.05, 0.1) is 0 Å². The van der Waals surface area contributed by atoms with E-state index in [0.29, 0.717) is 5.75 Å². The molecule has 0 atom stereocenters. The van der Waals surface area contributed by atoms with Gasteiger partial charge in [-0.05, 0) is 30.2 Å². The number of thioether (sulfide) groups is 1. The predicted octanol–water partition coefficient (Wildman–Crippen LogP) is 5.72. The highest BCUT2D eigenvalue weighted by Gasteiger charge is 2.06. The van der Waals surface area contributed by atoms with E-state index in [1.54, 1.807) is 0 Å². The van der Waals surface area contributed by atoms with Crippen molar-refractivity contribution < 1.29 is 5.11 Å². The number of benzene rings is 1. The Labute approximate surface area is 134 Å². The number of aryl methyl sites for hydroxylation is 1. The van der Waals surface area contributed by atoms with Crippen LogP contribution in [0.5, 0.6) is 5.75 Å². The van der Waals surface area contributed by atoms with Crippen LogP contribution in [0.25, 0.3) is 0 Å².